The van der Waals surface area contributed by atoms with Crippen molar-refractivity contribution in [3.63, 3.8) is 0 Å². The normalized spacial score (nSPS) is 11.8. The smallest absolute Gasteiger partial charge is 0.133 e. The number of hydrogen-bond acceptors (Lipinski definition) is 5. The molecule has 1 aromatic carbocycles. The third-order valence-corrected chi connectivity index (χ3v) is 3.89. The number of aryl methyl sites for hydroxylation is 3. The number of rotatable bonds is 8. The third-order valence-electron chi connectivity index (χ3n) is 3.89. The summed E-state index contributed by atoms with van der Waals surface area (Å²) in [6.07, 6.45) is 5.85. The SMILES string of the molecule is C/C=C/COc1cc(C)c(OCc2nn(C)cc2/C(C)=N/OC)c(C)c1. The Hall–Kier alpha value is -2.76. The molecule has 0 aliphatic carbocycles. The Morgan fingerprint density at radius 2 is 1.92 bits per heavy atom. The number of nitrogens with zero attached hydrogens (tertiary/aromatic N) is 3. The van der Waals surface area contributed by atoms with Gasteiger partial charge in [0.1, 0.15) is 37.5 Å². The molecule has 0 saturated carbocycles. The average Bonchev–Trinajstić information content (AvgIpc) is 2.95. The first kappa shape index (κ1) is 19.6. The molecule has 0 atom stereocenters. The van der Waals surface area contributed by atoms with E-state index in [1.165, 1.54) is 7.11 Å². The van der Waals surface area contributed by atoms with Gasteiger partial charge in [0.05, 0.1) is 5.71 Å². The molecule has 1 heterocycles. The minimum absolute atomic E-state index is 0.354. The fraction of sp³-hybridized carbons (Fsp3) is 0.400. The molecule has 0 spiro atoms. The van der Waals surface area contributed by atoms with Gasteiger partial charge in [0.25, 0.3) is 0 Å². The van der Waals surface area contributed by atoms with Crippen LogP contribution in [0, 0.1) is 13.8 Å². The molecular weight excluding hydrogens is 330 g/mol. The molecule has 0 amide bonds. The van der Waals surface area contributed by atoms with Gasteiger partial charge in [0, 0.05) is 18.8 Å². The van der Waals surface area contributed by atoms with E-state index in [-0.39, 0.29) is 0 Å². The predicted molar refractivity (Wildman–Crippen MR) is 103 cm³/mol. The molecule has 6 heteroatoms. The van der Waals surface area contributed by atoms with Crippen LogP contribution in [-0.2, 0) is 18.5 Å². The second-order valence-corrected chi connectivity index (χ2v) is 6.08. The monoisotopic (exact) mass is 357 g/mol. The first-order valence-corrected chi connectivity index (χ1v) is 8.54. The molecular formula is C20H27N3O3. The van der Waals surface area contributed by atoms with Crippen LogP contribution in [0.25, 0.3) is 0 Å². The highest BCUT2D eigenvalue weighted by Crippen LogP contribution is 2.29. The maximum Gasteiger partial charge on any atom is 0.133 e. The maximum absolute atomic E-state index is 6.08. The van der Waals surface area contributed by atoms with Gasteiger partial charge in [0.15, 0.2) is 0 Å². The predicted octanol–water partition coefficient (Wildman–Crippen LogP) is 3.94. The summed E-state index contributed by atoms with van der Waals surface area (Å²) in [4.78, 5) is 4.87. The Bertz CT molecular complexity index is 784. The van der Waals surface area contributed by atoms with Crippen molar-refractivity contribution in [2.45, 2.75) is 34.3 Å². The highest BCUT2D eigenvalue weighted by atomic mass is 16.6. The number of aromatic nitrogens is 2. The zero-order valence-electron chi connectivity index (χ0n) is 16.4. The Kier molecular flexibility index (Phi) is 6.83. The molecule has 0 unspecified atom stereocenters. The van der Waals surface area contributed by atoms with Crippen LogP contribution >= 0.6 is 0 Å². The number of oxime groups is 1. The van der Waals surface area contributed by atoms with Crippen molar-refractivity contribution >= 4 is 5.71 Å². The first-order chi connectivity index (χ1) is 12.5. The minimum atomic E-state index is 0.354. The van der Waals surface area contributed by atoms with Gasteiger partial charge in [-0.1, -0.05) is 17.3 Å². The summed E-state index contributed by atoms with van der Waals surface area (Å²) in [7, 11) is 3.41. The van der Waals surface area contributed by atoms with Gasteiger partial charge < -0.3 is 14.3 Å². The number of hydrogen-bond donors (Lipinski definition) is 0. The van der Waals surface area contributed by atoms with Crippen molar-refractivity contribution in [2.24, 2.45) is 12.2 Å². The van der Waals surface area contributed by atoms with E-state index in [0.717, 1.165) is 39.6 Å². The Morgan fingerprint density at radius 1 is 1.23 bits per heavy atom. The van der Waals surface area contributed by atoms with Crippen LogP contribution in [0.3, 0.4) is 0 Å². The molecule has 0 aliphatic heterocycles. The molecule has 6 nitrogen and oxygen atoms in total. The Morgan fingerprint density at radius 3 is 2.54 bits per heavy atom. The summed E-state index contributed by atoms with van der Waals surface area (Å²) >= 11 is 0. The van der Waals surface area contributed by atoms with Crippen molar-refractivity contribution < 1.29 is 14.3 Å². The van der Waals surface area contributed by atoms with Gasteiger partial charge in [-0.05, 0) is 51.0 Å². The van der Waals surface area contributed by atoms with Crippen LogP contribution < -0.4 is 9.47 Å². The second kappa shape index (κ2) is 9.08. The van der Waals surface area contributed by atoms with Crippen LogP contribution in [-0.4, -0.2) is 29.2 Å². The first-order valence-electron chi connectivity index (χ1n) is 8.54. The molecule has 26 heavy (non-hydrogen) atoms. The Labute approximate surface area is 155 Å². The topological polar surface area (TPSA) is 57.9 Å². The van der Waals surface area contributed by atoms with Gasteiger partial charge in [-0.25, -0.2) is 0 Å². The lowest BCUT2D eigenvalue weighted by Crippen LogP contribution is -2.05. The summed E-state index contributed by atoms with van der Waals surface area (Å²) < 4.78 is 13.5. The molecule has 0 radical (unpaired) electrons. The van der Waals surface area contributed by atoms with Crippen molar-refractivity contribution in [1.82, 2.24) is 9.78 Å². The zero-order valence-corrected chi connectivity index (χ0v) is 16.4. The van der Waals surface area contributed by atoms with Crippen LogP contribution in [0.4, 0.5) is 0 Å². The summed E-state index contributed by atoms with van der Waals surface area (Å²) in [5, 5.41) is 8.47. The Balaban J connectivity index is 2.16. The molecule has 0 fully saturated rings. The van der Waals surface area contributed by atoms with E-state index in [1.807, 2.05) is 65.2 Å². The number of benzene rings is 1. The highest BCUT2D eigenvalue weighted by Gasteiger charge is 2.14. The quantitative estimate of drug-likeness (QED) is 0.408. The van der Waals surface area contributed by atoms with E-state index < -0.39 is 0 Å². The maximum atomic E-state index is 6.08. The number of allylic oxidation sites excluding steroid dienone is 1. The summed E-state index contributed by atoms with van der Waals surface area (Å²) in [6, 6.07) is 3.98. The summed E-state index contributed by atoms with van der Waals surface area (Å²) in [5.41, 5.74) is 4.55. The average molecular weight is 357 g/mol. The fourth-order valence-corrected chi connectivity index (χ4v) is 2.73. The minimum Gasteiger partial charge on any atom is -0.490 e. The van der Waals surface area contributed by atoms with Crippen LogP contribution in [0.2, 0.25) is 0 Å². The molecule has 0 N–H and O–H groups in total. The van der Waals surface area contributed by atoms with Crippen LogP contribution in [0.1, 0.15) is 36.2 Å². The van der Waals surface area contributed by atoms with E-state index in [1.54, 1.807) is 4.68 Å². The lowest BCUT2D eigenvalue weighted by Gasteiger charge is -2.14. The third kappa shape index (κ3) is 4.88. The largest absolute Gasteiger partial charge is 0.490 e. The van der Waals surface area contributed by atoms with E-state index in [2.05, 4.69) is 10.3 Å². The van der Waals surface area contributed by atoms with Crippen LogP contribution in [0.15, 0.2) is 35.6 Å². The van der Waals surface area contributed by atoms with Gasteiger partial charge in [0.2, 0.25) is 0 Å². The summed E-state index contributed by atoms with van der Waals surface area (Å²) in [5.74, 6) is 1.69. The van der Waals surface area contributed by atoms with Gasteiger partial charge in [-0.15, -0.1) is 0 Å². The molecule has 140 valence electrons. The molecule has 2 aromatic rings. The molecule has 1 aromatic heterocycles. The van der Waals surface area contributed by atoms with Crippen molar-refractivity contribution in [1.29, 1.82) is 0 Å². The van der Waals surface area contributed by atoms with Gasteiger partial charge >= 0.3 is 0 Å². The molecule has 0 saturated heterocycles. The molecule has 0 bridgehead atoms. The van der Waals surface area contributed by atoms with Crippen molar-refractivity contribution in [3.05, 3.63) is 52.9 Å². The summed E-state index contributed by atoms with van der Waals surface area (Å²) in [6.45, 7) is 8.81. The van der Waals surface area contributed by atoms with Crippen molar-refractivity contribution in [2.75, 3.05) is 13.7 Å². The van der Waals surface area contributed by atoms with Gasteiger partial charge in [-0.3, -0.25) is 4.68 Å². The molecule has 2 rings (SSSR count). The standard InChI is InChI=1S/C20H27N3O3/c1-7-8-9-25-17-10-14(2)20(15(3)11-17)26-13-19-18(12-23(5)21-19)16(4)22-24-6/h7-8,10-12H,9,13H2,1-6H3/b8-7+,22-16+. The second-order valence-electron chi connectivity index (χ2n) is 6.08. The van der Waals surface area contributed by atoms with Crippen LogP contribution in [0.5, 0.6) is 11.5 Å². The number of ether oxygens (including phenoxy) is 2. The van der Waals surface area contributed by atoms with E-state index in [9.17, 15) is 0 Å². The molecule has 0 aliphatic rings. The van der Waals surface area contributed by atoms with Gasteiger partial charge in [-0.2, -0.15) is 5.10 Å². The van der Waals surface area contributed by atoms with E-state index in [4.69, 9.17) is 14.3 Å². The zero-order chi connectivity index (χ0) is 19.1. The van der Waals surface area contributed by atoms with E-state index in [0.29, 0.717) is 13.2 Å². The van der Waals surface area contributed by atoms with E-state index >= 15 is 0 Å². The lowest BCUT2D eigenvalue weighted by molar-refractivity contribution is 0.213. The fourth-order valence-electron chi connectivity index (χ4n) is 2.73. The lowest BCUT2D eigenvalue weighted by atomic mass is 10.1. The highest BCUT2D eigenvalue weighted by molar-refractivity contribution is 5.99. The van der Waals surface area contributed by atoms with Crippen molar-refractivity contribution in [3.8, 4) is 11.5 Å².